The van der Waals surface area contributed by atoms with E-state index in [1.165, 1.54) is 4.68 Å². The molecule has 5 heteroatoms. The van der Waals surface area contributed by atoms with Crippen molar-refractivity contribution in [3.05, 3.63) is 102 Å². The van der Waals surface area contributed by atoms with Crippen LogP contribution >= 0.6 is 0 Å². The van der Waals surface area contributed by atoms with Crippen molar-refractivity contribution in [2.45, 2.75) is 0 Å². The van der Waals surface area contributed by atoms with Crippen molar-refractivity contribution in [1.29, 1.82) is 10.5 Å². The number of para-hydroxylation sites is 1. The Labute approximate surface area is 184 Å². The molecule has 5 rings (SSSR count). The van der Waals surface area contributed by atoms with Crippen molar-refractivity contribution in [1.82, 2.24) is 9.78 Å². The molecule has 0 spiro atoms. The Hall–Kier alpha value is -4.87. The summed E-state index contributed by atoms with van der Waals surface area (Å²) in [7, 11) is 0. The molecule has 150 valence electrons. The molecule has 4 aromatic carbocycles. The molecule has 0 radical (unpaired) electrons. The van der Waals surface area contributed by atoms with Crippen LogP contribution in [0.5, 0.6) is 0 Å². The van der Waals surface area contributed by atoms with Crippen molar-refractivity contribution in [2.24, 2.45) is 0 Å². The average Bonchev–Trinajstić information content (AvgIpc) is 3.18. The topological polar surface area (TPSA) is 91.4 Å². The minimum absolute atomic E-state index is 0.186. The molecule has 5 nitrogen and oxygen atoms in total. The fourth-order valence-corrected chi connectivity index (χ4v) is 4.00. The molecule has 0 unspecified atom stereocenters. The lowest BCUT2D eigenvalue weighted by molar-refractivity contribution is 0.885. The maximum Gasteiger partial charge on any atom is 0.145 e. The number of rotatable bonds is 3. The van der Waals surface area contributed by atoms with Gasteiger partial charge in [-0.3, -0.25) is 0 Å². The molecule has 0 saturated heterocycles. The number of nitrogen functional groups attached to an aromatic ring is 1. The Morgan fingerprint density at radius 3 is 2.03 bits per heavy atom. The molecule has 0 atom stereocenters. The van der Waals surface area contributed by atoms with Gasteiger partial charge < -0.3 is 5.73 Å². The van der Waals surface area contributed by atoms with E-state index in [-0.39, 0.29) is 22.6 Å². The number of hydrogen-bond donors (Lipinski definition) is 1. The average molecular weight is 411 g/mol. The highest BCUT2D eigenvalue weighted by Crippen LogP contribution is 2.33. The predicted octanol–water partition coefficient (Wildman–Crippen LogP) is 5.70. The smallest absolute Gasteiger partial charge is 0.145 e. The normalized spacial score (nSPS) is 11.4. The van der Waals surface area contributed by atoms with Crippen LogP contribution in [0, 0.1) is 22.7 Å². The Bertz CT molecular complexity index is 1540. The van der Waals surface area contributed by atoms with Gasteiger partial charge in [-0.1, -0.05) is 66.7 Å². The fraction of sp³-hybridized carbons (Fsp3) is 0. The number of nitriles is 2. The van der Waals surface area contributed by atoms with Crippen molar-refractivity contribution in [3.63, 3.8) is 0 Å². The quantitative estimate of drug-likeness (QED) is 0.305. The Morgan fingerprint density at radius 1 is 0.844 bits per heavy atom. The zero-order chi connectivity index (χ0) is 22.1. The van der Waals surface area contributed by atoms with Gasteiger partial charge in [-0.25, -0.2) is 4.68 Å². The third-order valence-corrected chi connectivity index (χ3v) is 5.51. The van der Waals surface area contributed by atoms with Gasteiger partial charge in [-0.05, 0) is 51.4 Å². The van der Waals surface area contributed by atoms with Gasteiger partial charge in [-0.15, -0.1) is 0 Å². The molecular formula is C27H17N5. The first-order chi connectivity index (χ1) is 15.7. The molecule has 0 amide bonds. The van der Waals surface area contributed by atoms with E-state index in [9.17, 15) is 10.5 Å². The first-order valence-electron chi connectivity index (χ1n) is 10.1. The number of aromatic nitrogens is 2. The van der Waals surface area contributed by atoms with E-state index in [1.807, 2.05) is 84.9 Å². The van der Waals surface area contributed by atoms with Crippen molar-refractivity contribution in [2.75, 3.05) is 5.73 Å². The minimum atomic E-state index is 0.186. The van der Waals surface area contributed by atoms with E-state index in [1.54, 1.807) is 0 Å². The third-order valence-electron chi connectivity index (χ3n) is 5.51. The minimum Gasteiger partial charge on any atom is -0.382 e. The van der Waals surface area contributed by atoms with Crippen LogP contribution in [0.2, 0.25) is 0 Å². The van der Waals surface area contributed by atoms with E-state index in [0.29, 0.717) is 0 Å². The number of benzene rings is 4. The molecule has 32 heavy (non-hydrogen) atoms. The SMILES string of the molecule is N#C/C(=C\c1c2ccccc2cc2ccccc12)c1nn(-c2ccccc2)c(N)c1C#N. The standard InChI is InChI=1S/C27H17N5/c28-16-20(26-25(17-29)27(30)32(31-26)21-10-2-1-3-11-21)15-24-22-12-6-4-8-18(22)14-19-9-5-7-13-23(19)24/h1-15H,30H2/b20-15+. The summed E-state index contributed by atoms with van der Waals surface area (Å²) in [6.45, 7) is 0. The van der Waals surface area contributed by atoms with Gasteiger partial charge in [0.1, 0.15) is 29.2 Å². The first-order valence-corrected chi connectivity index (χ1v) is 10.1. The van der Waals surface area contributed by atoms with Gasteiger partial charge in [-0.2, -0.15) is 15.6 Å². The van der Waals surface area contributed by atoms with Gasteiger partial charge >= 0.3 is 0 Å². The molecule has 0 aliphatic heterocycles. The molecule has 5 aromatic rings. The summed E-state index contributed by atoms with van der Waals surface area (Å²) in [6.07, 6.45) is 1.81. The highest BCUT2D eigenvalue weighted by Gasteiger charge is 2.20. The molecule has 0 fully saturated rings. The van der Waals surface area contributed by atoms with Crippen LogP contribution in [0.1, 0.15) is 16.8 Å². The lowest BCUT2D eigenvalue weighted by atomic mass is 9.94. The Balaban J connectivity index is 1.79. The van der Waals surface area contributed by atoms with Crippen molar-refractivity contribution < 1.29 is 0 Å². The second kappa shape index (κ2) is 7.75. The second-order valence-corrected chi connectivity index (χ2v) is 7.37. The molecule has 1 heterocycles. The zero-order valence-electron chi connectivity index (χ0n) is 17.0. The number of fused-ring (bicyclic) bond motifs is 2. The number of anilines is 1. The zero-order valence-corrected chi connectivity index (χ0v) is 17.0. The number of hydrogen-bond acceptors (Lipinski definition) is 4. The predicted molar refractivity (Wildman–Crippen MR) is 128 cm³/mol. The van der Waals surface area contributed by atoms with E-state index in [4.69, 9.17) is 5.73 Å². The van der Waals surface area contributed by atoms with E-state index < -0.39 is 0 Å². The molecule has 0 bridgehead atoms. The third kappa shape index (κ3) is 3.06. The Kier molecular flexibility index (Phi) is 4.63. The van der Waals surface area contributed by atoms with Crippen LogP contribution < -0.4 is 5.73 Å². The summed E-state index contributed by atoms with van der Waals surface area (Å²) < 4.78 is 1.50. The van der Waals surface area contributed by atoms with Crippen molar-refractivity contribution in [3.8, 4) is 17.8 Å². The largest absolute Gasteiger partial charge is 0.382 e. The second-order valence-electron chi connectivity index (χ2n) is 7.37. The van der Waals surface area contributed by atoms with Crippen molar-refractivity contribution >= 4 is 39.0 Å². The monoisotopic (exact) mass is 411 g/mol. The molecule has 0 aliphatic carbocycles. The van der Waals surface area contributed by atoms with Crippen LogP contribution in [0.4, 0.5) is 5.82 Å². The van der Waals surface area contributed by atoms with Gasteiger partial charge in [0.25, 0.3) is 0 Å². The van der Waals surface area contributed by atoms with Gasteiger partial charge in [0.2, 0.25) is 0 Å². The number of nitrogens with two attached hydrogens (primary N) is 1. The van der Waals surface area contributed by atoms with Gasteiger partial charge in [0, 0.05) is 0 Å². The molecule has 0 aliphatic rings. The maximum absolute atomic E-state index is 10.1. The first kappa shape index (κ1) is 19.1. The summed E-state index contributed by atoms with van der Waals surface area (Å²) in [4.78, 5) is 0. The lowest BCUT2D eigenvalue weighted by Crippen LogP contribution is -2.02. The molecular weight excluding hydrogens is 394 g/mol. The highest BCUT2D eigenvalue weighted by molar-refractivity contribution is 6.10. The maximum atomic E-state index is 10.1. The van der Waals surface area contributed by atoms with Crippen LogP contribution in [0.15, 0.2) is 84.9 Å². The fourth-order valence-electron chi connectivity index (χ4n) is 4.00. The van der Waals surface area contributed by atoms with Crippen LogP contribution in [0.3, 0.4) is 0 Å². The number of nitrogens with zero attached hydrogens (tertiary/aromatic N) is 4. The lowest BCUT2D eigenvalue weighted by Gasteiger charge is -2.09. The van der Waals surface area contributed by atoms with Crippen LogP contribution in [-0.4, -0.2) is 9.78 Å². The van der Waals surface area contributed by atoms with E-state index >= 15 is 0 Å². The van der Waals surface area contributed by atoms with Gasteiger partial charge in [0.05, 0.1) is 11.3 Å². The summed E-state index contributed by atoms with van der Waals surface area (Å²) >= 11 is 0. The summed E-state index contributed by atoms with van der Waals surface area (Å²) in [6, 6.07) is 31.9. The van der Waals surface area contributed by atoms with E-state index in [2.05, 4.69) is 23.3 Å². The molecule has 2 N–H and O–H groups in total. The summed E-state index contributed by atoms with van der Waals surface area (Å²) in [5, 5.41) is 28.6. The van der Waals surface area contributed by atoms with Crippen LogP contribution in [0.25, 0.3) is 38.9 Å². The highest BCUT2D eigenvalue weighted by atomic mass is 15.3. The summed E-state index contributed by atoms with van der Waals surface area (Å²) in [5.41, 5.74) is 8.63. The summed E-state index contributed by atoms with van der Waals surface area (Å²) in [5.74, 6) is 0.206. The molecule has 0 saturated carbocycles. The Morgan fingerprint density at radius 2 is 1.44 bits per heavy atom. The molecule has 1 aromatic heterocycles. The van der Waals surface area contributed by atoms with Gasteiger partial charge in [0.15, 0.2) is 0 Å². The van der Waals surface area contributed by atoms with E-state index in [0.717, 1.165) is 32.8 Å². The number of allylic oxidation sites excluding steroid dienone is 1. The van der Waals surface area contributed by atoms with Crippen LogP contribution in [-0.2, 0) is 0 Å².